The maximum Gasteiger partial charge on any atom is 0.275 e. The van der Waals surface area contributed by atoms with Crippen molar-refractivity contribution < 1.29 is 13.9 Å². The Morgan fingerprint density at radius 1 is 1.43 bits per heavy atom. The van der Waals surface area contributed by atoms with Crippen LogP contribution in [0.25, 0.3) is 0 Å². The van der Waals surface area contributed by atoms with E-state index in [1.165, 1.54) is 12.1 Å². The van der Waals surface area contributed by atoms with Crippen LogP contribution in [0.15, 0.2) is 18.2 Å². The van der Waals surface area contributed by atoms with Crippen LogP contribution in [0.4, 0.5) is 8.78 Å². The fourth-order valence-corrected chi connectivity index (χ4v) is 1.29. The lowest BCUT2D eigenvalue weighted by atomic mass is 10.0. The van der Waals surface area contributed by atoms with Gasteiger partial charge in [0.2, 0.25) is 0 Å². The molecule has 0 aliphatic heterocycles. The van der Waals surface area contributed by atoms with Crippen molar-refractivity contribution in [2.45, 2.75) is 19.3 Å². The van der Waals surface area contributed by atoms with Crippen LogP contribution >= 0.6 is 11.6 Å². The molecule has 0 aromatic heterocycles. The minimum atomic E-state index is -3.01. The lowest BCUT2D eigenvalue weighted by Gasteiger charge is -2.15. The van der Waals surface area contributed by atoms with Gasteiger partial charge in [-0.3, -0.25) is 0 Å². The van der Waals surface area contributed by atoms with E-state index in [1.807, 2.05) is 0 Å². The first-order chi connectivity index (χ1) is 6.47. The molecule has 0 bridgehead atoms. The van der Waals surface area contributed by atoms with Gasteiger partial charge in [-0.05, 0) is 18.6 Å². The van der Waals surface area contributed by atoms with Crippen molar-refractivity contribution in [3.8, 4) is 0 Å². The summed E-state index contributed by atoms with van der Waals surface area (Å²) in [7, 11) is 0. The molecule has 0 unspecified atom stereocenters. The molecule has 0 amide bonds. The standard InChI is InChI=1S/C10H11ClF2O/c1-7-2-3-8(6-9(7)11)10(12,13)4-5-14/h2-3,6,14H,4-5H2,1H3. The average molecular weight is 221 g/mol. The molecule has 1 N–H and O–H groups in total. The summed E-state index contributed by atoms with van der Waals surface area (Å²) in [6.07, 6.45) is -0.577. The highest BCUT2D eigenvalue weighted by atomic mass is 35.5. The summed E-state index contributed by atoms with van der Waals surface area (Å²) in [5.41, 5.74) is 0.609. The number of hydrogen-bond donors (Lipinski definition) is 1. The van der Waals surface area contributed by atoms with Gasteiger partial charge >= 0.3 is 0 Å². The molecular weight excluding hydrogens is 210 g/mol. The third kappa shape index (κ3) is 2.42. The van der Waals surface area contributed by atoms with Crippen molar-refractivity contribution in [1.82, 2.24) is 0 Å². The number of hydrogen-bond acceptors (Lipinski definition) is 1. The SMILES string of the molecule is Cc1ccc(C(F)(F)CCO)cc1Cl. The monoisotopic (exact) mass is 220 g/mol. The number of aliphatic hydroxyl groups is 1. The summed E-state index contributed by atoms with van der Waals surface area (Å²) in [5.74, 6) is -3.01. The fourth-order valence-electron chi connectivity index (χ4n) is 1.11. The number of halogens is 3. The van der Waals surface area contributed by atoms with Crippen molar-refractivity contribution in [2.24, 2.45) is 0 Å². The molecule has 0 fully saturated rings. The van der Waals surface area contributed by atoms with Crippen molar-refractivity contribution >= 4 is 11.6 Å². The van der Waals surface area contributed by atoms with Crippen LogP contribution in [-0.2, 0) is 5.92 Å². The van der Waals surface area contributed by atoms with Crippen molar-refractivity contribution in [3.05, 3.63) is 34.3 Å². The number of aryl methyl sites for hydroxylation is 1. The van der Waals surface area contributed by atoms with E-state index >= 15 is 0 Å². The maximum absolute atomic E-state index is 13.2. The first-order valence-corrected chi connectivity index (χ1v) is 4.60. The molecular formula is C10H11ClF2O. The van der Waals surface area contributed by atoms with Gasteiger partial charge in [-0.2, -0.15) is 0 Å². The van der Waals surface area contributed by atoms with E-state index in [-0.39, 0.29) is 5.56 Å². The van der Waals surface area contributed by atoms with Crippen LogP contribution in [-0.4, -0.2) is 11.7 Å². The second-order valence-electron chi connectivity index (χ2n) is 3.14. The zero-order valence-corrected chi connectivity index (χ0v) is 8.48. The Labute approximate surface area is 86.3 Å². The topological polar surface area (TPSA) is 20.2 Å². The predicted octanol–water partition coefficient (Wildman–Crippen LogP) is 3.12. The van der Waals surface area contributed by atoms with Gasteiger partial charge in [0.05, 0.1) is 0 Å². The van der Waals surface area contributed by atoms with E-state index in [0.29, 0.717) is 5.02 Å². The van der Waals surface area contributed by atoms with E-state index in [9.17, 15) is 8.78 Å². The number of benzene rings is 1. The molecule has 0 saturated carbocycles. The summed E-state index contributed by atoms with van der Waals surface area (Å²) in [6, 6.07) is 4.12. The van der Waals surface area contributed by atoms with Crippen molar-refractivity contribution in [1.29, 1.82) is 0 Å². The van der Waals surface area contributed by atoms with Crippen LogP contribution < -0.4 is 0 Å². The molecule has 1 rings (SSSR count). The van der Waals surface area contributed by atoms with Gasteiger partial charge < -0.3 is 5.11 Å². The molecule has 1 aromatic rings. The highest BCUT2D eigenvalue weighted by molar-refractivity contribution is 6.31. The lowest BCUT2D eigenvalue weighted by Crippen LogP contribution is -2.15. The van der Waals surface area contributed by atoms with Gasteiger partial charge in [0.15, 0.2) is 0 Å². The van der Waals surface area contributed by atoms with Gasteiger partial charge in [0.1, 0.15) is 0 Å². The van der Waals surface area contributed by atoms with Gasteiger partial charge in [-0.15, -0.1) is 0 Å². The molecule has 0 saturated heterocycles. The van der Waals surface area contributed by atoms with Crippen LogP contribution in [0.1, 0.15) is 17.5 Å². The quantitative estimate of drug-likeness (QED) is 0.830. The predicted molar refractivity (Wildman–Crippen MR) is 51.8 cm³/mol. The third-order valence-corrected chi connectivity index (χ3v) is 2.43. The zero-order chi connectivity index (χ0) is 10.8. The Morgan fingerprint density at radius 3 is 2.57 bits per heavy atom. The number of rotatable bonds is 3. The van der Waals surface area contributed by atoms with Crippen LogP contribution in [0.2, 0.25) is 5.02 Å². The zero-order valence-electron chi connectivity index (χ0n) is 7.73. The molecule has 0 atom stereocenters. The largest absolute Gasteiger partial charge is 0.396 e. The van der Waals surface area contributed by atoms with E-state index in [1.54, 1.807) is 13.0 Å². The fraction of sp³-hybridized carbons (Fsp3) is 0.400. The lowest BCUT2D eigenvalue weighted by molar-refractivity contribution is -0.0269. The molecule has 1 aromatic carbocycles. The summed E-state index contributed by atoms with van der Waals surface area (Å²) in [5, 5.41) is 8.79. The maximum atomic E-state index is 13.2. The molecule has 0 aliphatic rings. The van der Waals surface area contributed by atoms with E-state index in [0.717, 1.165) is 5.56 Å². The third-order valence-electron chi connectivity index (χ3n) is 2.02. The molecule has 78 valence electrons. The normalized spacial score (nSPS) is 11.8. The minimum Gasteiger partial charge on any atom is -0.396 e. The molecule has 4 heteroatoms. The number of aliphatic hydroxyl groups excluding tert-OH is 1. The summed E-state index contributed by atoms with van der Waals surface area (Å²) < 4.78 is 26.5. The van der Waals surface area contributed by atoms with E-state index < -0.39 is 19.0 Å². The smallest absolute Gasteiger partial charge is 0.275 e. The second kappa shape index (κ2) is 4.24. The van der Waals surface area contributed by atoms with Crippen LogP contribution in [0, 0.1) is 6.92 Å². The Kier molecular flexibility index (Phi) is 3.45. The Morgan fingerprint density at radius 2 is 2.07 bits per heavy atom. The molecule has 0 radical (unpaired) electrons. The molecule has 0 spiro atoms. The number of alkyl halides is 2. The summed E-state index contributed by atoms with van der Waals surface area (Å²) >= 11 is 5.72. The Bertz CT molecular complexity index is 326. The average Bonchev–Trinajstić information content (AvgIpc) is 2.09. The van der Waals surface area contributed by atoms with E-state index in [4.69, 9.17) is 16.7 Å². The highest BCUT2D eigenvalue weighted by Gasteiger charge is 2.30. The molecule has 0 heterocycles. The summed E-state index contributed by atoms with van der Waals surface area (Å²) in [4.78, 5) is 0. The highest BCUT2D eigenvalue weighted by Crippen LogP contribution is 2.33. The Hall–Kier alpha value is -0.670. The second-order valence-corrected chi connectivity index (χ2v) is 3.55. The van der Waals surface area contributed by atoms with Gasteiger partial charge in [0, 0.05) is 23.6 Å². The molecule has 0 aliphatic carbocycles. The Balaban J connectivity index is 3.01. The van der Waals surface area contributed by atoms with Crippen LogP contribution in [0.3, 0.4) is 0 Å². The van der Waals surface area contributed by atoms with E-state index in [2.05, 4.69) is 0 Å². The van der Waals surface area contributed by atoms with Gasteiger partial charge in [-0.1, -0.05) is 23.7 Å². The summed E-state index contributed by atoms with van der Waals surface area (Å²) in [6.45, 7) is 1.20. The molecule has 14 heavy (non-hydrogen) atoms. The van der Waals surface area contributed by atoms with Gasteiger partial charge in [0.25, 0.3) is 5.92 Å². The minimum absolute atomic E-state index is 0.151. The molecule has 1 nitrogen and oxygen atoms in total. The first kappa shape index (κ1) is 11.4. The van der Waals surface area contributed by atoms with Crippen LogP contribution in [0.5, 0.6) is 0 Å². The first-order valence-electron chi connectivity index (χ1n) is 4.22. The van der Waals surface area contributed by atoms with Crippen molar-refractivity contribution in [3.63, 3.8) is 0 Å². The van der Waals surface area contributed by atoms with Gasteiger partial charge in [-0.25, -0.2) is 8.78 Å². The van der Waals surface area contributed by atoms with Crippen molar-refractivity contribution in [2.75, 3.05) is 6.61 Å².